The molecule has 0 aliphatic carbocycles. The highest BCUT2D eigenvalue weighted by Gasteiger charge is 2.26. The Kier molecular flexibility index (Phi) is 10.0. The summed E-state index contributed by atoms with van der Waals surface area (Å²) in [5, 5.41) is 0.712. The number of rotatable bonds is 11. The summed E-state index contributed by atoms with van der Waals surface area (Å²) in [5.41, 5.74) is 3.30. The van der Waals surface area contributed by atoms with Crippen molar-refractivity contribution in [2.24, 2.45) is 0 Å². The van der Waals surface area contributed by atoms with E-state index in [2.05, 4.69) is 30.0 Å². The van der Waals surface area contributed by atoms with E-state index in [0.717, 1.165) is 37.2 Å². The monoisotopic (exact) mass is 549 g/mol. The zero-order valence-corrected chi connectivity index (χ0v) is 24.5. The molecule has 2 aromatic carbocycles. The van der Waals surface area contributed by atoms with E-state index in [1.807, 2.05) is 12.1 Å². The summed E-state index contributed by atoms with van der Waals surface area (Å²) in [6.45, 7) is 5.60. The SMILES string of the molecule is COc1cc(C)c(S(=O)(=O)N(C)CCC(=O)CCc2ccc(N3CCC(N(C)C)CC3)c(Cl)c2)c(C)c1. The first kappa shape index (κ1) is 29.4. The standard InChI is InChI=1S/C28H40ClN3O4S/c1-20-17-25(36-6)18-21(2)28(20)37(34,35)31(5)14-13-24(33)9-7-22-8-10-27(26(29)19-22)32-15-11-23(12-16-32)30(3)4/h8,10,17-19,23H,7,9,11-16H2,1-6H3. The lowest BCUT2D eigenvalue weighted by molar-refractivity contribution is -0.119. The highest BCUT2D eigenvalue weighted by atomic mass is 35.5. The van der Waals surface area contributed by atoms with E-state index >= 15 is 0 Å². The van der Waals surface area contributed by atoms with Gasteiger partial charge < -0.3 is 14.5 Å². The average Bonchev–Trinajstić information content (AvgIpc) is 2.85. The van der Waals surface area contributed by atoms with E-state index in [0.29, 0.717) is 40.8 Å². The first-order valence-electron chi connectivity index (χ1n) is 12.8. The fourth-order valence-electron chi connectivity index (χ4n) is 4.99. The molecule has 0 bridgehead atoms. The Morgan fingerprint density at radius 2 is 1.68 bits per heavy atom. The number of piperidine rings is 1. The van der Waals surface area contributed by atoms with E-state index in [4.69, 9.17) is 16.3 Å². The van der Waals surface area contributed by atoms with E-state index in [9.17, 15) is 13.2 Å². The van der Waals surface area contributed by atoms with Gasteiger partial charge in [0.15, 0.2) is 0 Å². The van der Waals surface area contributed by atoms with Crippen LogP contribution in [0.4, 0.5) is 5.69 Å². The number of ether oxygens (including phenoxy) is 1. The first-order chi connectivity index (χ1) is 17.4. The maximum atomic E-state index is 13.2. The summed E-state index contributed by atoms with van der Waals surface area (Å²) in [6, 6.07) is 10.1. The molecule has 1 aliphatic heterocycles. The number of aryl methyl sites for hydroxylation is 3. The van der Waals surface area contributed by atoms with Gasteiger partial charge in [-0.1, -0.05) is 17.7 Å². The Balaban J connectivity index is 1.53. The Morgan fingerprint density at radius 3 is 2.22 bits per heavy atom. The molecule has 1 heterocycles. The third-order valence-electron chi connectivity index (χ3n) is 7.28. The Hall–Kier alpha value is -2.13. The molecule has 37 heavy (non-hydrogen) atoms. The van der Waals surface area contributed by atoms with Crippen LogP contribution in [0.15, 0.2) is 35.2 Å². The number of methoxy groups -OCH3 is 1. The number of hydrogen-bond donors (Lipinski definition) is 0. The van der Waals surface area contributed by atoms with Gasteiger partial charge in [0.2, 0.25) is 10.0 Å². The Labute approximate surface area is 227 Å². The number of Topliss-reactive ketones (excluding diaryl/α,β-unsaturated/α-hetero) is 1. The number of benzene rings is 2. The molecular formula is C28H40ClN3O4S. The molecule has 0 saturated carbocycles. The predicted octanol–water partition coefficient (Wildman–Crippen LogP) is 4.71. The molecular weight excluding hydrogens is 510 g/mol. The maximum absolute atomic E-state index is 13.2. The van der Waals surface area contributed by atoms with E-state index in [-0.39, 0.29) is 23.6 Å². The van der Waals surface area contributed by atoms with Crippen LogP contribution >= 0.6 is 11.6 Å². The quantitative estimate of drug-likeness (QED) is 0.404. The molecule has 1 saturated heterocycles. The molecule has 0 N–H and O–H groups in total. The van der Waals surface area contributed by atoms with Crippen molar-refractivity contribution in [1.82, 2.24) is 9.21 Å². The molecule has 0 atom stereocenters. The van der Waals surface area contributed by atoms with Gasteiger partial charge in [-0.3, -0.25) is 4.79 Å². The summed E-state index contributed by atoms with van der Waals surface area (Å²) >= 11 is 6.61. The molecule has 1 fully saturated rings. The van der Waals surface area contributed by atoms with Gasteiger partial charge in [-0.2, -0.15) is 0 Å². The van der Waals surface area contributed by atoms with Gasteiger partial charge in [-0.15, -0.1) is 0 Å². The molecule has 0 unspecified atom stereocenters. The highest BCUT2D eigenvalue weighted by molar-refractivity contribution is 7.89. The van der Waals surface area contributed by atoms with Crippen LogP contribution < -0.4 is 9.64 Å². The third-order valence-corrected chi connectivity index (χ3v) is 9.75. The van der Waals surface area contributed by atoms with Gasteiger partial charge in [0.1, 0.15) is 11.5 Å². The second-order valence-electron chi connectivity index (χ2n) is 10.2. The molecule has 0 aromatic heterocycles. The van der Waals surface area contributed by atoms with Gasteiger partial charge >= 0.3 is 0 Å². The van der Waals surface area contributed by atoms with Gasteiger partial charge in [0.05, 0.1) is 22.7 Å². The molecule has 204 valence electrons. The van der Waals surface area contributed by atoms with Crippen molar-refractivity contribution >= 4 is 33.1 Å². The van der Waals surface area contributed by atoms with E-state index < -0.39 is 10.0 Å². The lowest BCUT2D eigenvalue weighted by Gasteiger charge is -2.36. The minimum Gasteiger partial charge on any atom is -0.497 e. The van der Waals surface area contributed by atoms with Crippen molar-refractivity contribution < 1.29 is 17.9 Å². The zero-order valence-electron chi connectivity index (χ0n) is 22.9. The number of carbonyl (C=O) groups is 1. The second kappa shape index (κ2) is 12.6. The largest absolute Gasteiger partial charge is 0.497 e. The number of halogens is 1. The molecule has 3 rings (SSSR count). The normalized spacial score (nSPS) is 15.0. The minimum atomic E-state index is -3.72. The summed E-state index contributed by atoms with van der Waals surface area (Å²) in [5.74, 6) is 0.644. The average molecular weight is 550 g/mol. The van der Waals surface area contributed by atoms with E-state index in [1.54, 1.807) is 33.1 Å². The zero-order chi connectivity index (χ0) is 27.3. The Morgan fingerprint density at radius 1 is 1.05 bits per heavy atom. The Bertz CT molecular complexity index is 1180. The van der Waals surface area contributed by atoms with Crippen molar-refractivity contribution in [3.63, 3.8) is 0 Å². The highest BCUT2D eigenvalue weighted by Crippen LogP contribution is 2.31. The van der Waals surface area contributed by atoms with Crippen LogP contribution in [-0.2, 0) is 21.2 Å². The van der Waals surface area contributed by atoms with Crippen molar-refractivity contribution in [3.05, 3.63) is 52.0 Å². The molecule has 0 amide bonds. The fraction of sp³-hybridized carbons (Fsp3) is 0.536. The number of anilines is 1. The van der Waals surface area contributed by atoms with Crippen molar-refractivity contribution in [2.75, 3.05) is 52.8 Å². The summed E-state index contributed by atoms with van der Waals surface area (Å²) in [7, 11) is 3.61. The summed E-state index contributed by atoms with van der Waals surface area (Å²) in [6.07, 6.45) is 3.31. The van der Waals surface area contributed by atoms with E-state index in [1.165, 1.54) is 11.4 Å². The van der Waals surface area contributed by atoms with Crippen LogP contribution in [0, 0.1) is 13.8 Å². The van der Waals surface area contributed by atoms with Gasteiger partial charge in [0, 0.05) is 45.6 Å². The lowest BCUT2D eigenvalue weighted by Crippen LogP contribution is -2.42. The van der Waals surface area contributed by atoms with Gasteiger partial charge in [0.25, 0.3) is 0 Å². The number of ketones is 1. The van der Waals surface area contributed by atoms with Gasteiger partial charge in [-0.25, -0.2) is 12.7 Å². The summed E-state index contributed by atoms with van der Waals surface area (Å²) in [4.78, 5) is 17.5. The first-order valence-corrected chi connectivity index (χ1v) is 14.6. The van der Waals surface area contributed by atoms with Crippen molar-refractivity contribution in [3.8, 4) is 5.75 Å². The topological polar surface area (TPSA) is 70.2 Å². The predicted molar refractivity (Wildman–Crippen MR) is 151 cm³/mol. The molecule has 9 heteroatoms. The number of sulfonamides is 1. The number of carbonyl (C=O) groups excluding carboxylic acids is 1. The molecule has 0 spiro atoms. The van der Waals surface area contributed by atoms with Crippen LogP contribution in [0.1, 0.15) is 42.4 Å². The number of nitrogens with zero attached hydrogens (tertiary/aromatic N) is 3. The summed E-state index contributed by atoms with van der Waals surface area (Å²) < 4.78 is 32.8. The second-order valence-corrected chi connectivity index (χ2v) is 12.6. The van der Waals surface area contributed by atoms with Crippen LogP contribution in [-0.4, -0.2) is 77.3 Å². The van der Waals surface area contributed by atoms with Crippen molar-refractivity contribution in [2.45, 2.75) is 56.9 Å². The molecule has 1 aliphatic rings. The third kappa shape index (κ3) is 7.25. The van der Waals surface area contributed by atoms with Crippen LogP contribution in [0.5, 0.6) is 5.75 Å². The minimum absolute atomic E-state index is 0.0242. The molecule has 7 nitrogen and oxygen atoms in total. The van der Waals surface area contributed by atoms with Crippen LogP contribution in [0.3, 0.4) is 0 Å². The number of hydrogen-bond acceptors (Lipinski definition) is 6. The maximum Gasteiger partial charge on any atom is 0.243 e. The fourth-order valence-corrected chi connectivity index (χ4v) is 6.89. The lowest BCUT2D eigenvalue weighted by atomic mass is 10.0. The van der Waals surface area contributed by atoms with Crippen LogP contribution in [0.25, 0.3) is 0 Å². The smallest absolute Gasteiger partial charge is 0.243 e. The molecule has 2 aromatic rings. The van der Waals surface area contributed by atoms with Crippen LogP contribution in [0.2, 0.25) is 5.02 Å². The molecule has 0 radical (unpaired) electrons. The van der Waals surface area contributed by atoms with Crippen molar-refractivity contribution in [1.29, 1.82) is 0 Å². The van der Waals surface area contributed by atoms with Gasteiger partial charge in [-0.05, 0) is 88.2 Å².